The van der Waals surface area contributed by atoms with Crippen molar-refractivity contribution >= 4 is 11.6 Å². The molecule has 1 amide bonds. The molecule has 4 heteroatoms. The molecule has 0 bridgehead atoms. The van der Waals surface area contributed by atoms with E-state index in [9.17, 15) is 9.18 Å². The van der Waals surface area contributed by atoms with Crippen LogP contribution in [0.3, 0.4) is 0 Å². The van der Waals surface area contributed by atoms with Crippen LogP contribution >= 0.6 is 0 Å². The summed E-state index contributed by atoms with van der Waals surface area (Å²) in [6.07, 6.45) is 3.06. The van der Waals surface area contributed by atoms with Crippen molar-refractivity contribution in [3.8, 4) is 0 Å². The van der Waals surface area contributed by atoms with Gasteiger partial charge >= 0.3 is 0 Å². The van der Waals surface area contributed by atoms with Gasteiger partial charge in [0.2, 0.25) is 0 Å². The number of hydrogen-bond donors (Lipinski definition) is 1. The molecule has 0 aliphatic carbocycles. The molecule has 0 radical (unpaired) electrons. The summed E-state index contributed by atoms with van der Waals surface area (Å²) < 4.78 is 13.7. The van der Waals surface area contributed by atoms with E-state index in [4.69, 9.17) is 5.73 Å². The van der Waals surface area contributed by atoms with Crippen LogP contribution in [0.5, 0.6) is 0 Å². The normalized spacial score (nSPS) is 24.1. The predicted octanol–water partition coefficient (Wildman–Crippen LogP) is 2.81. The minimum Gasteiger partial charge on any atom is -0.399 e. The average molecular weight is 250 g/mol. The summed E-state index contributed by atoms with van der Waals surface area (Å²) in [6.45, 7) is 4.02. The first-order valence-electron chi connectivity index (χ1n) is 6.38. The topological polar surface area (TPSA) is 46.3 Å². The smallest absolute Gasteiger partial charge is 0.257 e. The Labute approximate surface area is 107 Å². The van der Waals surface area contributed by atoms with Gasteiger partial charge in [-0.1, -0.05) is 0 Å². The molecular weight excluding hydrogens is 231 g/mol. The van der Waals surface area contributed by atoms with E-state index < -0.39 is 5.82 Å². The third-order valence-corrected chi connectivity index (χ3v) is 3.65. The molecule has 98 valence electrons. The zero-order valence-electron chi connectivity index (χ0n) is 10.8. The van der Waals surface area contributed by atoms with E-state index in [0.717, 1.165) is 19.3 Å². The van der Waals surface area contributed by atoms with Crippen molar-refractivity contribution < 1.29 is 9.18 Å². The number of hydrogen-bond acceptors (Lipinski definition) is 2. The third kappa shape index (κ3) is 2.33. The first kappa shape index (κ1) is 12.9. The molecule has 0 aromatic heterocycles. The Kier molecular flexibility index (Phi) is 3.55. The number of carbonyl (C=O) groups is 1. The Morgan fingerprint density at radius 1 is 1.33 bits per heavy atom. The second kappa shape index (κ2) is 4.96. The number of anilines is 1. The van der Waals surface area contributed by atoms with Gasteiger partial charge in [-0.05, 0) is 51.3 Å². The van der Waals surface area contributed by atoms with Crippen molar-refractivity contribution in [2.24, 2.45) is 0 Å². The van der Waals surface area contributed by atoms with Gasteiger partial charge in [0, 0.05) is 17.8 Å². The van der Waals surface area contributed by atoms with Crippen LogP contribution in [0, 0.1) is 5.82 Å². The quantitative estimate of drug-likeness (QED) is 0.779. The number of likely N-dealkylation sites (tertiary alicyclic amines) is 1. The highest BCUT2D eigenvalue weighted by atomic mass is 19.1. The second-order valence-electron chi connectivity index (χ2n) is 5.08. The van der Waals surface area contributed by atoms with Crippen LogP contribution < -0.4 is 5.73 Å². The zero-order valence-corrected chi connectivity index (χ0v) is 10.8. The summed E-state index contributed by atoms with van der Waals surface area (Å²) in [5.41, 5.74) is 6.12. The van der Waals surface area contributed by atoms with E-state index in [1.165, 1.54) is 18.2 Å². The van der Waals surface area contributed by atoms with E-state index >= 15 is 0 Å². The molecule has 1 aliphatic rings. The van der Waals surface area contributed by atoms with Crippen molar-refractivity contribution in [1.82, 2.24) is 4.90 Å². The SMILES string of the molecule is C[C@@H]1CCC[C@H](C)N1C(=O)c1cc(N)ccc1F. The fourth-order valence-corrected chi connectivity index (χ4v) is 2.67. The zero-order chi connectivity index (χ0) is 13.3. The molecule has 0 saturated carbocycles. The predicted molar refractivity (Wildman–Crippen MR) is 69.8 cm³/mol. The number of nitrogens with zero attached hydrogens (tertiary/aromatic N) is 1. The van der Waals surface area contributed by atoms with Gasteiger partial charge in [-0.2, -0.15) is 0 Å². The first-order valence-corrected chi connectivity index (χ1v) is 6.38. The minimum absolute atomic E-state index is 0.0793. The summed E-state index contributed by atoms with van der Waals surface area (Å²) in [7, 11) is 0. The van der Waals surface area contributed by atoms with E-state index in [1.54, 1.807) is 4.90 Å². The lowest BCUT2D eigenvalue weighted by Crippen LogP contribution is -2.47. The fourth-order valence-electron chi connectivity index (χ4n) is 2.67. The number of benzene rings is 1. The van der Waals surface area contributed by atoms with Crippen molar-refractivity contribution in [1.29, 1.82) is 0 Å². The lowest BCUT2D eigenvalue weighted by Gasteiger charge is -2.39. The Balaban J connectivity index is 2.32. The van der Waals surface area contributed by atoms with E-state index in [2.05, 4.69) is 0 Å². The number of halogens is 1. The summed E-state index contributed by atoms with van der Waals surface area (Å²) >= 11 is 0. The maximum atomic E-state index is 13.7. The van der Waals surface area contributed by atoms with Crippen LogP contribution in [0.1, 0.15) is 43.5 Å². The highest BCUT2D eigenvalue weighted by Crippen LogP contribution is 2.25. The second-order valence-corrected chi connectivity index (χ2v) is 5.08. The molecule has 1 aromatic rings. The number of rotatable bonds is 1. The molecule has 18 heavy (non-hydrogen) atoms. The molecule has 2 rings (SSSR count). The highest BCUT2D eigenvalue weighted by molar-refractivity contribution is 5.95. The van der Waals surface area contributed by atoms with Gasteiger partial charge in [0.15, 0.2) is 0 Å². The Bertz CT molecular complexity index is 451. The van der Waals surface area contributed by atoms with Crippen LogP contribution in [0.25, 0.3) is 0 Å². The number of nitrogen functional groups attached to an aromatic ring is 1. The molecule has 1 heterocycles. The number of carbonyl (C=O) groups excluding carboxylic acids is 1. The minimum atomic E-state index is -0.501. The van der Waals surface area contributed by atoms with Crippen LogP contribution in [0.15, 0.2) is 18.2 Å². The van der Waals surface area contributed by atoms with E-state index in [0.29, 0.717) is 5.69 Å². The molecule has 1 aliphatic heterocycles. The molecule has 0 spiro atoms. The summed E-state index contributed by atoms with van der Waals surface area (Å²) in [5, 5.41) is 0. The van der Waals surface area contributed by atoms with Crippen molar-refractivity contribution in [3.63, 3.8) is 0 Å². The number of piperidine rings is 1. The van der Waals surface area contributed by atoms with Crippen LogP contribution in [-0.2, 0) is 0 Å². The fraction of sp³-hybridized carbons (Fsp3) is 0.500. The van der Waals surface area contributed by atoms with Crippen LogP contribution in [0.4, 0.5) is 10.1 Å². The molecule has 1 fully saturated rings. The Morgan fingerprint density at radius 2 is 1.94 bits per heavy atom. The first-order chi connectivity index (χ1) is 8.50. The van der Waals surface area contributed by atoms with Crippen molar-refractivity contribution in [2.75, 3.05) is 5.73 Å². The summed E-state index contributed by atoms with van der Waals surface area (Å²) in [5.74, 6) is -0.751. The van der Waals surface area contributed by atoms with Gasteiger partial charge in [-0.25, -0.2) is 4.39 Å². The van der Waals surface area contributed by atoms with Crippen molar-refractivity contribution in [2.45, 2.75) is 45.2 Å². The molecule has 2 atom stereocenters. The summed E-state index contributed by atoms with van der Waals surface area (Å²) in [4.78, 5) is 14.2. The highest BCUT2D eigenvalue weighted by Gasteiger charge is 2.30. The van der Waals surface area contributed by atoms with Gasteiger partial charge in [-0.15, -0.1) is 0 Å². The number of nitrogens with two attached hydrogens (primary N) is 1. The van der Waals surface area contributed by atoms with Crippen LogP contribution in [-0.4, -0.2) is 22.9 Å². The van der Waals surface area contributed by atoms with E-state index in [-0.39, 0.29) is 23.6 Å². The lowest BCUT2D eigenvalue weighted by molar-refractivity contribution is 0.0506. The molecule has 0 unspecified atom stereocenters. The van der Waals surface area contributed by atoms with Gasteiger partial charge in [0.05, 0.1) is 5.56 Å². The molecule has 1 aromatic carbocycles. The Morgan fingerprint density at radius 3 is 2.56 bits per heavy atom. The molecule has 1 saturated heterocycles. The van der Waals surface area contributed by atoms with Gasteiger partial charge in [0.25, 0.3) is 5.91 Å². The molecule has 2 N–H and O–H groups in total. The van der Waals surface area contributed by atoms with Crippen molar-refractivity contribution in [3.05, 3.63) is 29.6 Å². The third-order valence-electron chi connectivity index (χ3n) is 3.65. The number of amides is 1. The van der Waals surface area contributed by atoms with Crippen LogP contribution in [0.2, 0.25) is 0 Å². The maximum absolute atomic E-state index is 13.7. The largest absolute Gasteiger partial charge is 0.399 e. The van der Waals surface area contributed by atoms with E-state index in [1.807, 2.05) is 13.8 Å². The van der Waals surface area contributed by atoms with Gasteiger partial charge < -0.3 is 10.6 Å². The Hall–Kier alpha value is -1.58. The molecule has 3 nitrogen and oxygen atoms in total. The van der Waals surface area contributed by atoms with Gasteiger partial charge in [-0.3, -0.25) is 4.79 Å². The summed E-state index contributed by atoms with van der Waals surface area (Å²) in [6, 6.07) is 4.45. The van der Waals surface area contributed by atoms with Gasteiger partial charge in [0.1, 0.15) is 5.82 Å². The monoisotopic (exact) mass is 250 g/mol. The lowest BCUT2D eigenvalue weighted by atomic mass is 9.96. The maximum Gasteiger partial charge on any atom is 0.257 e. The molecular formula is C14H19FN2O. The standard InChI is InChI=1S/C14H19FN2O/c1-9-4-3-5-10(2)17(9)14(18)12-8-11(16)6-7-13(12)15/h6-10H,3-5,16H2,1-2H3/t9-,10+. The average Bonchev–Trinajstić information content (AvgIpc) is 2.32.